The first-order chi connectivity index (χ1) is 12.0. The van der Waals surface area contributed by atoms with Crippen molar-refractivity contribution < 1.29 is 9.53 Å². The summed E-state index contributed by atoms with van der Waals surface area (Å²) in [5, 5.41) is 0. The smallest absolute Gasteiger partial charge is 0.311 e. The van der Waals surface area contributed by atoms with E-state index in [9.17, 15) is 4.79 Å². The highest BCUT2D eigenvalue weighted by molar-refractivity contribution is 5.74. The number of hydrogen-bond acceptors (Lipinski definition) is 3. The summed E-state index contributed by atoms with van der Waals surface area (Å²) in [5.41, 5.74) is 1.39. The van der Waals surface area contributed by atoms with Crippen molar-refractivity contribution in [2.24, 2.45) is 17.8 Å². The number of esters is 1. The van der Waals surface area contributed by atoms with Crippen molar-refractivity contribution >= 4 is 5.97 Å². The molecule has 4 atom stereocenters. The molecule has 1 fully saturated rings. The van der Waals surface area contributed by atoms with Gasteiger partial charge in [-0.05, 0) is 84.2 Å². The maximum Gasteiger partial charge on any atom is 0.311 e. The maximum absolute atomic E-state index is 12.8. The summed E-state index contributed by atoms with van der Waals surface area (Å²) in [6.45, 7) is 11.3. The predicted octanol–water partition coefficient (Wildman–Crippen LogP) is 4.98. The van der Waals surface area contributed by atoms with Crippen molar-refractivity contribution in [3.8, 4) is 0 Å². The lowest BCUT2D eigenvalue weighted by Gasteiger charge is -2.39. The minimum absolute atomic E-state index is 0.00829. The molecule has 0 aromatic carbocycles. The largest absolute Gasteiger partial charge is 0.466 e. The summed E-state index contributed by atoms with van der Waals surface area (Å²) in [6.07, 6.45) is 13.9. The van der Waals surface area contributed by atoms with Crippen LogP contribution >= 0.6 is 0 Å². The van der Waals surface area contributed by atoms with Gasteiger partial charge < -0.3 is 4.74 Å². The fraction of sp³-hybridized carbons (Fsp3) is 0.773. The van der Waals surface area contributed by atoms with Crippen LogP contribution in [0.4, 0.5) is 0 Å². The standard InChI is InChI=1S/C22H37NO2/c1-5-25-22(24)21-19(16-18(4)11-8-10-17(2)3)12-9-13-20(21)23-14-6-7-15-23/h9-10,13,18-21H,5-8,11-12,14-16H2,1-4H3/t18?,19-,20?,21-/m1/s1. The highest BCUT2D eigenvalue weighted by atomic mass is 16.5. The summed E-state index contributed by atoms with van der Waals surface area (Å²) < 4.78 is 5.49. The van der Waals surface area contributed by atoms with Gasteiger partial charge in [-0.2, -0.15) is 0 Å². The SMILES string of the molecule is CCOC(=O)[C@H]1C(N2CCCC2)C=CC[C@@H]1CC(C)CCC=C(C)C. The van der Waals surface area contributed by atoms with Gasteiger partial charge in [0.25, 0.3) is 0 Å². The van der Waals surface area contributed by atoms with Crippen molar-refractivity contribution in [2.45, 2.75) is 72.3 Å². The van der Waals surface area contributed by atoms with Crippen molar-refractivity contribution in [2.75, 3.05) is 19.7 Å². The van der Waals surface area contributed by atoms with E-state index in [0.29, 0.717) is 18.4 Å². The van der Waals surface area contributed by atoms with Crippen LogP contribution in [0, 0.1) is 17.8 Å². The normalized spacial score (nSPS) is 27.9. The summed E-state index contributed by atoms with van der Waals surface area (Å²) in [4.78, 5) is 15.3. The molecule has 3 heteroatoms. The second-order valence-electron chi connectivity index (χ2n) is 8.14. The van der Waals surface area contributed by atoms with Gasteiger partial charge in [-0.3, -0.25) is 9.69 Å². The molecule has 2 rings (SSSR count). The molecular weight excluding hydrogens is 310 g/mol. The first kappa shape index (κ1) is 20.2. The minimum Gasteiger partial charge on any atom is -0.466 e. The van der Waals surface area contributed by atoms with Crippen LogP contribution in [-0.2, 0) is 9.53 Å². The van der Waals surface area contributed by atoms with Crippen LogP contribution in [0.25, 0.3) is 0 Å². The minimum atomic E-state index is 0.00829. The molecule has 1 aliphatic heterocycles. The van der Waals surface area contributed by atoms with Crippen molar-refractivity contribution in [3.63, 3.8) is 0 Å². The quantitative estimate of drug-likeness (QED) is 0.458. The van der Waals surface area contributed by atoms with Gasteiger partial charge in [-0.1, -0.05) is 30.7 Å². The molecule has 142 valence electrons. The number of allylic oxidation sites excluding steroid dienone is 3. The molecule has 2 unspecified atom stereocenters. The number of hydrogen-bond donors (Lipinski definition) is 0. The molecule has 0 amide bonds. The molecule has 2 aliphatic rings. The van der Waals surface area contributed by atoms with Gasteiger partial charge >= 0.3 is 5.97 Å². The zero-order valence-electron chi connectivity index (χ0n) is 16.7. The molecule has 0 aromatic rings. The Bertz CT molecular complexity index is 472. The topological polar surface area (TPSA) is 29.5 Å². The molecule has 0 radical (unpaired) electrons. The van der Waals surface area contributed by atoms with Crippen LogP contribution in [0.3, 0.4) is 0 Å². The zero-order valence-corrected chi connectivity index (χ0v) is 16.7. The molecule has 0 saturated carbocycles. The molecular formula is C22H37NO2. The summed E-state index contributed by atoms with van der Waals surface area (Å²) in [7, 11) is 0. The van der Waals surface area contributed by atoms with Crippen molar-refractivity contribution in [3.05, 3.63) is 23.8 Å². The van der Waals surface area contributed by atoms with Gasteiger partial charge in [0, 0.05) is 6.04 Å². The van der Waals surface area contributed by atoms with Crippen LogP contribution in [0.2, 0.25) is 0 Å². The number of rotatable bonds is 8. The van der Waals surface area contributed by atoms with Gasteiger partial charge in [0.05, 0.1) is 12.5 Å². The number of nitrogens with zero attached hydrogens (tertiary/aromatic N) is 1. The average molecular weight is 348 g/mol. The van der Waals surface area contributed by atoms with E-state index in [1.807, 2.05) is 6.92 Å². The van der Waals surface area contributed by atoms with E-state index in [4.69, 9.17) is 4.74 Å². The molecule has 0 spiro atoms. The Morgan fingerprint density at radius 1 is 1.32 bits per heavy atom. The molecule has 0 aromatic heterocycles. The highest BCUT2D eigenvalue weighted by Crippen LogP contribution is 2.36. The number of ether oxygens (including phenoxy) is 1. The van der Waals surface area contributed by atoms with E-state index in [2.05, 4.69) is 43.9 Å². The van der Waals surface area contributed by atoms with E-state index in [0.717, 1.165) is 32.4 Å². The van der Waals surface area contributed by atoms with Gasteiger partial charge in [0.2, 0.25) is 0 Å². The van der Waals surface area contributed by atoms with Gasteiger partial charge in [-0.25, -0.2) is 0 Å². The van der Waals surface area contributed by atoms with E-state index < -0.39 is 0 Å². The number of carbonyl (C=O) groups excluding carboxylic acids is 1. The lowest BCUT2D eigenvalue weighted by atomic mass is 9.74. The molecule has 1 aliphatic carbocycles. The Labute approximate surface area is 154 Å². The van der Waals surface area contributed by atoms with Crippen LogP contribution in [0.1, 0.15) is 66.2 Å². The zero-order chi connectivity index (χ0) is 18.2. The Morgan fingerprint density at radius 2 is 2.04 bits per heavy atom. The fourth-order valence-corrected chi connectivity index (χ4v) is 4.43. The molecule has 1 heterocycles. The van der Waals surface area contributed by atoms with Crippen LogP contribution in [-0.4, -0.2) is 36.6 Å². The van der Waals surface area contributed by atoms with Gasteiger partial charge in [-0.15, -0.1) is 0 Å². The first-order valence-corrected chi connectivity index (χ1v) is 10.2. The third-order valence-electron chi connectivity index (χ3n) is 5.69. The fourth-order valence-electron chi connectivity index (χ4n) is 4.43. The lowest BCUT2D eigenvalue weighted by Crippen LogP contribution is -2.46. The summed E-state index contributed by atoms with van der Waals surface area (Å²) >= 11 is 0. The number of likely N-dealkylation sites (tertiary alicyclic amines) is 1. The van der Waals surface area contributed by atoms with Crippen molar-refractivity contribution in [1.82, 2.24) is 4.90 Å². The monoisotopic (exact) mass is 347 g/mol. The van der Waals surface area contributed by atoms with E-state index >= 15 is 0 Å². The Morgan fingerprint density at radius 3 is 2.68 bits per heavy atom. The Balaban J connectivity index is 2.04. The molecule has 25 heavy (non-hydrogen) atoms. The molecule has 1 saturated heterocycles. The second-order valence-corrected chi connectivity index (χ2v) is 8.14. The summed E-state index contributed by atoms with van der Waals surface area (Å²) in [6, 6.07) is 0.241. The molecule has 3 nitrogen and oxygen atoms in total. The average Bonchev–Trinajstić information content (AvgIpc) is 3.08. The van der Waals surface area contributed by atoms with E-state index in [1.165, 1.54) is 24.8 Å². The molecule has 0 bridgehead atoms. The second kappa shape index (κ2) is 10.2. The van der Waals surface area contributed by atoms with E-state index in [1.54, 1.807) is 0 Å². The van der Waals surface area contributed by atoms with E-state index in [-0.39, 0.29) is 17.9 Å². The lowest BCUT2D eigenvalue weighted by molar-refractivity contribution is -0.152. The van der Waals surface area contributed by atoms with Gasteiger partial charge in [0.15, 0.2) is 0 Å². The third-order valence-corrected chi connectivity index (χ3v) is 5.69. The van der Waals surface area contributed by atoms with Crippen molar-refractivity contribution in [1.29, 1.82) is 0 Å². The molecule has 0 N–H and O–H groups in total. The Kier molecular flexibility index (Phi) is 8.21. The third kappa shape index (κ3) is 5.99. The van der Waals surface area contributed by atoms with Crippen LogP contribution < -0.4 is 0 Å². The maximum atomic E-state index is 12.8. The first-order valence-electron chi connectivity index (χ1n) is 10.2. The van der Waals surface area contributed by atoms with Gasteiger partial charge in [0.1, 0.15) is 0 Å². The van der Waals surface area contributed by atoms with Crippen LogP contribution in [0.5, 0.6) is 0 Å². The Hall–Kier alpha value is -1.09. The summed E-state index contributed by atoms with van der Waals surface area (Å²) in [5.74, 6) is 1.08. The number of carbonyl (C=O) groups is 1. The highest BCUT2D eigenvalue weighted by Gasteiger charge is 2.40. The van der Waals surface area contributed by atoms with Crippen LogP contribution in [0.15, 0.2) is 23.8 Å². The predicted molar refractivity (Wildman–Crippen MR) is 104 cm³/mol.